The summed E-state index contributed by atoms with van der Waals surface area (Å²) < 4.78 is 1.81. The maximum atomic E-state index is 10.5. The molecule has 0 fully saturated rings. The molecule has 0 aliphatic heterocycles. The minimum atomic E-state index is 0.671. The summed E-state index contributed by atoms with van der Waals surface area (Å²) in [5.41, 5.74) is 1.52. The van der Waals surface area contributed by atoms with Crippen LogP contribution in [0.25, 0.3) is 5.52 Å². The van der Waals surface area contributed by atoms with Gasteiger partial charge in [-0.1, -0.05) is 0 Å². The number of rotatable bonds is 1. The van der Waals surface area contributed by atoms with E-state index in [0.29, 0.717) is 5.56 Å². The molecule has 0 saturated carbocycles. The van der Waals surface area contributed by atoms with Crippen molar-refractivity contribution in [2.75, 3.05) is 0 Å². The van der Waals surface area contributed by atoms with E-state index in [0.717, 1.165) is 11.8 Å². The first-order valence-corrected chi connectivity index (χ1v) is 3.27. The zero-order valence-electron chi connectivity index (χ0n) is 5.77. The molecule has 11 heavy (non-hydrogen) atoms. The molecule has 2 aromatic rings. The smallest absolute Gasteiger partial charge is 0.152 e. The van der Waals surface area contributed by atoms with Gasteiger partial charge in [0.1, 0.15) is 0 Å². The molecule has 0 aromatic carbocycles. The highest BCUT2D eigenvalue weighted by atomic mass is 16.1. The topological polar surface area (TPSA) is 34.4 Å². The quantitative estimate of drug-likeness (QED) is 0.565. The highest BCUT2D eigenvalue weighted by Crippen LogP contribution is 2.06. The Labute approximate surface area is 63.3 Å². The van der Waals surface area contributed by atoms with Gasteiger partial charge < -0.3 is 4.40 Å². The second-order valence-corrected chi connectivity index (χ2v) is 2.27. The van der Waals surface area contributed by atoms with Crippen LogP contribution in [-0.2, 0) is 0 Å². The molecule has 54 valence electrons. The summed E-state index contributed by atoms with van der Waals surface area (Å²) in [6.07, 6.45) is 6.03. The summed E-state index contributed by atoms with van der Waals surface area (Å²) in [4.78, 5) is 14.4. The number of aromatic nitrogens is 2. The first-order valence-electron chi connectivity index (χ1n) is 3.27. The molecule has 0 radical (unpaired) electrons. The van der Waals surface area contributed by atoms with E-state index in [2.05, 4.69) is 4.98 Å². The summed E-state index contributed by atoms with van der Waals surface area (Å²) >= 11 is 0. The number of hydrogen-bond donors (Lipinski definition) is 0. The zero-order chi connectivity index (χ0) is 7.68. The van der Waals surface area contributed by atoms with Gasteiger partial charge in [-0.25, -0.2) is 4.98 Å². The van der Waals surface area contributed by atoms with Gasteiger partial charge in [0.15, 0.2) is 6.29 Å². The summed E-state index contributed by atoms with van der Waals surface area (Å²) in [5.74, 6) is 0. The van der Waals surface area contributed by atoms with Gasteiger partial charge in [0.25, 0.3) is 0 Å². The molecule has 0 amide bonds. The van der Waals surface area contributed by atoms with E-state index >= 15 is 0 Å². The summed E-state index contributed by atoms with van der Waals surface area (Å²) in [6.45, 7) is 0. The van der Waals surface area contributed by atoms with E-state index in [1.807, 2.05) is 16.7 Å². The lowest BCUT2D eigenvalue weighted by Crippen LogP contribution is -1.86. The first-order chi connectivity index (χ1) is 5.42. The maximum absolute atomic E-state index is 10.5. The third-order valence-electron chi connectivity index (χ3n) is 1.61. The Bertz CT molecular complexity index is 392. The minimum absolute atomic E-state index is 0.671. The molecule has 0 saturated heterocycles. The van der Waals surface area contributed by atoms with Crippen LogP contribution in [0.4, 0.5) is 0 Å². The van der Waals surface area contributed by atoms with E-state index in [9.17, 15) is 4.79 Å². The maximum Gasteiger partial charge on any atom is 0.152 e. The van der Waals surface area contributed by atoms with Crippen LogP contribution in [0.1, 0.15) is 10.4 Å². The molecule has 0 unspecified atom stereocenters. The Morgan fingerprint density at radius 3 is 3.27 bits per heavy atom. The molecular weight excluding hydrogens is 140 g/mol. The van der Waals surface area contributed by atoms with Crippen molar-refractivity contribution in [2.24, 2.45) is 0 Å². The molecule has 0 aliphatic rings. The lowest BCUT2D eigenvalue weighted by atomic mass is 10.2. The molecule has 0 bridgehead atoms. The van der Waals surface area contributed by atoms with E-state index in [1.165, 1.54) is 0 Å². The molecule has 2 heterocycles. The molecular formula is C8H6N2O. The molecule has 0 aliphatic carbocycles. The van der Waals surface area contributed by atoms with Gasteiger partial charge in [-0.2, -0.15) is 0 Å². The van der Waals surface area contributed by atoms with Crippen molar-refractivity contribution in [1.82, 2.24) is 9.38 Å². The molecule has 0 atom stereocenters. The number of carbonyl (C=O) groups is 1. The molecule has 3 nitrogen and oxygen atoms in total. The number of pyridine rings is 1. The number of nitrogens with zero attached hydrogens (tertiary/aromatic N) is 2. The van der Waals surface area contributed by atoms with Gasteiger partial charge >= 0.3 is 0 Å². The Morgan fingerprint density at radius 2 is 2.45 bits per heavy atom. The molecule has 2 aromatic heterocycles. The molecule has 3 heteroatoms. The minimum Gasteiger partial charge on any atom is -0.306 e. The summed E-state index contributed by atoms with van der Waals surface area (Å²) in [7, 11) is 0. The fraction of sp³-hybridized carbons (Fsp3) is 0. The first kappa shape index (κ1) is 6.09. The number of carbonyl (C=O) groups excluding carboxylic acids is 1. The van der Waals surface area contributed by atoms with Crippen molar-refractivity contribution >= 4 is 11.8 Å². The Balaban J connectivity index is 2.88. The van der Waals surface area contributed by atoms with Crippen molar-refractivity contribution in [1.29, 1.82) is 0 Å². The second-order valence-electron chi connectivity index (χ2n) is 2.27. The van der Waals surface area contributed by atoms with Gasteiger partial charge in [-0.05, 0) is 12.1 Å². The standard InChI is InChI=1S/C8H6N2O/c11-5-7-2-1-3-10-6-9-4-8(7)10/h1-6H. The molecule has 2 rings (SSSR count). The van der Waals surface area contributed by atoms with Crippen LogP contribution < -0.4 is 0 Å². The Morgan fingerprint density at radius 1 is 1.55 bits per heavy atom. The van der Waals surface area contributed by atoms with Crippen LogP contribution in [0.15, 0.2) is 30.9 Å². The van der Waals surface area contributed by atoms with E-state index in [-0.39, 0.29) is 0 Å². The van der Waals surface area contributed by atoms with Gasteiger partial charge in [0, 0.05) is 11.8 Å². The predicted molar refractivity (Wildman–Crippen MR) is 40.6 cm³/mol. The summed E-state index contributed by atoms with van der Waals surface area (Å²) in [6, 6.07) is 3.59. The van der Waals surface area contributed by atoms with Crippen LogP contribution in [0.2, 0.25) is 0 Å². The van der Waals surface area contributed by atoms with Crippen LogP contribution in [0, 0.1) is 0 Å². The van der Waals surface area contributed by atoms with Crippen molar-refractivity contribution in [3.05, 3.63) is 36.4 Å². The average molecular weight is 146 g/mol. The monoisotopic (exact) mass is 146 g/mol. The van der Waals surface area contributed by atoms with Gasteiger partial charge in [0.2, 0.25) is 0 Å². The number of aldehydes is 1. The SMILES string of the molecule is O=Cc1cccn2cncc12. The van der Waals surface area contributed by atoms with Gasteiger partial charge in [0.05, 0.1) is 18.0 Å². The third-order valence-corrected chi connectivity index (χ3v) is 1.61. The second kappa shape index (κ2) is 2.20. The Hall–Kier alpha value is -1.64. The largest absolute Gasteiger partial charge is 0.306 e. The summed E-state index contributed by atoms with van der Waals surface area (Å²) in [5, 5.41) is 0. The number of hydrogen-bond acceptors (Lipinski definition) is 2. The van der Waals surface area contributed by atoms with Gasteiger partial charge in [-0.15, -0.1) is 0 Å². The molecule has 0 N–H and O–H groups in total. The fourth-order valence-electron chi connectivity index (χ4n) is 1.07. The van der Waals surface area contributed by atoms with Crippen LogP contribution >= 0.6 is 0 Å². The Kier molecular flexibility index (Phi) is 1.22. The van der Waals surface area contributed by atoms with Crippen molar-refractivity contribution in [2.45, 2.75) is 0 Å². The molecule has 0 spiro atoms. The average Bonchev–Trinajstić information content (AvgIpc) is 2.50. The highest BCUT2D eigenvalue weighted by Gasteiger charge is 1.97. The van der Waals surface area contributed by atoms with Crippen LogP contribution in [-0.4, -0.2) is 15.7 Å². The van der Waals surface area contributed by atoms with E-state index < -0.39 is 0 Å². The van der Waals surface area contributed by atoms with Gasteiger partial charge in [-0.3, -0.25) is 4.79 Å². The van der Waals surface area contributed by atoms with E-state index in [1.54, 1.807) is 18.6 Å². The highest BCUT2D eigenvalue weighted by molar-refractivity contribution is 5.85. The third kappa shape index (κ3) is 0.816. The zero-order valence-corrected chi connectivity index (χ0v) is 5.77. The van der Waals surface area contributed by atoms with Crippen LogP contribution in [0.3, 0.4) is 0 Å². The van der Waals surface area contributed by atoms with Crippen molar-refractivity contribution in [3.63, 3.8) is 0 Å². The van der Waals surface area contributed by atoms with Crippen LogP contribution in [0.5, 0.6) is 0 Å². The van der Waals surface area contributed by atoms with Crippen molar-refractivity contribution < 1.29 is 4.79 Å². The number of fused-ring (bicyclic) bond motifs is 1. The normalized spacial score (nSPS) is 10.2. The predicted octanol–water partition coefficient (Wildman–Crippen LogP) is 1.15. The lowest BCUT2D eigenvalue weighted by molar-refractivity contribution is 0.112. The van der Waals surface area contributed by atoms with Crippen molar-refractivity contribution in [3.8, 4) is 0 Å². The van der Waals surface area contributed by atoms with E-state index in [4.69, 9.17) is 0 Å². The fourth-order valence-corrected chi connectivity index (χ4v) is 1.07. The lowest BCUT2D eigenvalue weighted by Gasteiger charge is -1.93. The number of imidazole rings is 1.